The van der Waals surface area contributed by atoms with E-state index >= 15 is 0 Å². The maximum absolute atomic E-state index is 12.6. The Hall–Kier alpha value is -3.15. The van der Waals surface area contributed by atoms with E-state index in [4.69, 9.17) is 4.74 Å². The fraction of sp³-hybridized carbons (Fsp3) is 0.318. The maximum Gasteiger partial charge on any atom is 0.326 e. The van der Waals surface area contributed by atoms with Crippen LogP contribution in [-0.2, 0) is 16.1 Å². The number of carboxylic acid groups (broad SMARTS) is 1. The van der Waals surface area contributed by atoms with Gasteiger partial charge in [-0.3, -0.25) is 9.59 Å². The van der Waals surface area contributed by atoms with E-state index in [9.17, 15) is 19.5 Å². The highest BCUT2D eigenvalue weighted by Crippen LogP contribution is 2.15. The number of hydrogen-bond acceptors (Lipinski definition) is 4. The monoisotopic (exact) mass is 383 g/mol. The van der Waals surface area contributed by atoms with E-state index in [1.165, 1.54) is 18.7 Å². The average molecular weight is 383 g/mol. The van der Waals surface area contributed by atoms with Gasteiger partial charge in [-0.15, -0.1) is 0 Å². The van der Waals surface area contributed by atoms with Gasteiger partial charge in [-0.25, -0.2) is 4.79 Å². The normalized spacial score (nSPS) is 11.5. The molecule has 0 aromatic heterocycles. The van der Waals surface area contributed by atoms with Crippen LogP contribution in [0.1, 0.15) is 42.6 Å². The Kier molecular flexibility index (Phi) is 7.75. The van der Waals surface area contributed by atoms with Crippen molar-refractivity contribution in [3.05, 3.63) is 65.7 Å². The summed E-state index contributed by atoms with van der Waals surface area (Å²) in [5, 5.41) is 9.32. The molecule has 6 heteroatoms. The van der Waals surface area contributed by atoms with Crippen molar-refractivity contribution in [1.29, 1.82) is 0 Å². The summed E-state index contributed by atoms with van der Waals surface area (Å²) in [5.41, 5.74) is 1.44. The first-order valence-electron chi connectivity index (χ1n) is 9.18. The van der Waals surface area contributed by atoms with E-state index in [0.29, 0.717) is 24.3 Å². The molecule has 0 radical (unpaired) electrons. The van der Waals surface area contributed by atoms with E-state index in [1.807, 2.05) is 30.3 Å². The number of amides is 1. The molecule has 0 aliphatic carbocycles. The predicted molar refractivity (Wildman–Crippen MR) is 105 cm³/mol. The Bertz CT molecular complexity index is 819. The maximum atomic E-state index is 12.6. The zero-order chi connectivity index (χ0) is 20.5. The second-order valence-electron chi connectivity index (χ2n) is 6.56. The van der Waals surface area contributed by atoms with E-state index in [-0.39, 0.29) is 24.7 Å². The third-order valence-corrected chi connectivity index (χ3v) is 4.39. The Morgan fingerprint density at radius 2 is 1.79 bits per heavy atom. The summed E-state index contributed by atoms with van der Waals surface area (Å²) in [5.74, 6) is -0.749. The fourth-order valence-corrected chi connectivity index (χ4v) is 2.72. The van der Waals surface area contributed by atoms with Crippen molar-refractivity contribution in [2.45, 2.75) is 39.3 Å². The topological polar surface area (TPSA) is 83.9 Å². The molecular formula is C22H25NO5. The van der Waals surface area contributed by atoms with Crippen LogP contribution >= 0.6 is 0 Å². The lowest BCUT2D eigenvalue weighted by Crippen LogP contribution is -2.42. The van der Waals surface area contributed by atoms with Crippen molar-refractivity contribution in [2.75, 3.05) is 6.61 Å². The SMILES string of the molecule is CC(=O)c1cccc(OCCCC(=O)N(Cc2ccccc2)C(C)C(=O)O)c1. The van der Waals surface area contributed by atoms with E-state index < -0.39 is 12.0 Å². The molecular weight excluding hydrogens is 358 g/mol. The lowest BCUT2D eigenvalue weighted by Gasteiger charge is -2.26. The largest absolute Gasteiger partial charge is 0.494 e. The van der Waals surface area contributed by atoms with Crippen molar-refractivity contribution < 1.29 is 24.2 Å². The van der Waals surface area contributed by atoms with Gasteiger partial charge in [0.1, 0.15) is 11.8 Å². The number of aliphatic carboxylic acids is 1. The summed E-state index contributed by atoms with van der Waals surface area (Å²) >= 11 is 0. The molecule has 28 heavy (non-hydrogen) atoms. The van der Waals surface area contributed by atoms with Gasteiger partial charge >= 0.3 is 5.97 Å². The van der Waals surface area contributed by atoms with E-state index in [1.54, 1.807) is 24.3 Å². The Morgan fingerprint density at radius 1 is 1.07 bits per heavy atom. The first kappa shape index (κ1) is 21.2. The summed E-state index contributed by atoms with van der Waals surface area (Å²) in [6.07, 6.45) is 0.623. The lowest BCUT2D eigenvalue weighted by molar-refractivity contribution is -0.150. The predicted octanol–water partition coefficient (Wildman–Crippen LogP) is 3.55. The van der Waals surface area contributed by atoms with Crippen LogP contribution in [0.3, 0.4) is 0 Å². The van der Waals surface area contributed by atoms with Crippen LogP contribution < -0.4 is 4.74 Å². The number of ketones is 1. The number of hydrogen-bond donors (Lipinski definition) is 1. The highest BCUT2D eigenvalue weighted by molar-refractivity contribution is 5.94. The molecule has 2 rings (SSSR count). The van der Waals surface area contributed by atoms with Gasteiger partial charge in [-0.05, 0) is 38.0 Å². The zero-order valence-corrected chi connectivity index (χ0v) is 16.1. The number of ether oxygens (including phenoxy) is 1. The molecule has 0 heterocycles. The molecule has 0 aliphatic heterocycles. The van der Waals surface area contributed by atoms with Crippen molar-refractivity contribution >= 4 is 17.7 Å². The molecule has 1 unspecified atom stereocenters. The van der Waals surface area contributed by atoms with Gasteiger partial charge in [0, 0.05) is 18.5 Å². The van der Waals surface area contributed by atoms with Crippen LogP contribution in [0.25, 0.3) is 0 Å². The van der Waals surface area contributed by atoms with Gasteiger partial charge in [0.25, 0.3) is 0 Å². The lowest BCUT2D eigenvalue weighted by atomic mass is 10.1. The zero-order valence-electron chi connectivity index (χ0n) is 16.1. The van der Waals surface area contributed by atoms with Crippen LogP contribution in [0.4, 0.5) is 0 Å². The third kappa shape index (κ3) is 6.23. The molecule has 0 spiro atoms. The van der Waals surface area contributed by atoms with Crippen LogP contribution in [0, 0.1) is 0 Å². The molecule has 2 aromatic carbocycles. The second kappa shape index (κ2) is 10.3. The number of nitrogens with zero attached hydrogens (tertiary/aromatic N) is 1. The van der Waals surface area contributed by atoms with Gasteiger partial charge in [-0.1, -0.05) is 42.5 Å². The fourth-order valence-electron chi connectivity index (χ4n) is 2.72. The van der Waals surface area contributed by atoms with Crippen LogP contribution in [0.5, 0.6) is 5.75 Å². The number of rotatable bonds is 10. The minimum absolute atomic E-state index is 0.0418. The number of carbonyl (C=O) groups is 3. The highest BCUT2D eigenvalue weighted by atomic mass is 16.5. The molecule has 0 fully saturated rings. The van der Waals surface area contributed by atoms with Gasteiger partial charge in [0.05, 0.1) is 6.61 Å². The van der Waals surface area contributed by atoms with Crippen molar-refractivity contribution in [2.24, 2.45) is 0 Å². The molecule has 148 valence electrons. The minimum atomic E-state index is -1.04. The molecule has 6 nitrogen and oxygen atoms in total. The van der Waals surface area contributed by atoms with E-state index in [2.05, 4.69) is 0 Å². The summed E-state index contributed by atoms with van der Waals surface area (Å²) in [6, 6.07) is 15.3. The van der Waals surface area contributed by atoms with Crippen LogP contribution in [0.15, 0.2) is 54.6 Å². The minimum Gasteiger partial charge on any atom is -0.494 e. The molecule has 0 bridgehead atoms. The smallest absolute Gasteiger partial charge is 0.326 e. The van der Waals surface area contributed by atoms with Crippen molar-refractivity contribution in [3.63, 3.8) is 0 Å². The summed E-state index contributed by atoms with van der Waals surface area (Å²) < 4.78 is 5.61. The molecule has 1 atom stereocenters. The second-order valence-corrected chi connectivity index (χ2v) is 6.56. The summed E-state index contributed by atoms with van der Waals surface area (Å²) in [4.78, 5) is 36.8. The van der Waals surface area contributed by atoms with Crippen molar-refractivity contribution in [3.8, 4) is 5.75 Å². The average Bonchev–Trinajstić information content (AvgIpc) is 2.69. The number of carboxylic acids is 1. The van der Waals surface area contributed by atoms with Gasteiger partial charge in [0.2, 0.25) is 5.91 Å². The Labute approximate surface area is 164 Å². The molecule has 0 saturated carbocycles. The number of Topliss-reactive ketones (excluding diaryl/α,β-unsaturated/α-hetero) is 1. The van der Waals surface area contributed by atoms with Gasteiger partial charge in [0.15, 0.2) is 5.78 Å². The Morgan fingerprint density at radius 3 is 2.43 bits per heavy atom. The van der Waals surface area contributed by atoms with Gasteiger partial charge in [-0.2, -0.15) is 0 Å². The molecule has 1 amide bonds. The van der Waals surface area contributed by atoms with Crippen molar-refractivity contribution in [1.82, 2.24) is 4.90 Å². The number of benzene rings is 2. The number of carbonyl (C=O) groups excluding carboxylic acids is 2. The summed E-state index contributed by atoms with van der Waals surface area (Å²) in [6.45, 7) is 3.54. The molecule has 1 N–H and O–H groups in total. The van der Waals surface area contributed by atoms with Crippen LogP contribution in [-0.4, -0.2) is 40.3 Å². The molecule has 2 aromatic rings. The highest BCUT2D eigenvalue weighted by Gasteiger charge is 2.25. The molecule has 0 saturated heterocycles. The standard InChI is InChI=1S/C22H25NO5/c1-16(22(26)27)23(15-18-8-4-3-5-9-18)21(25)12-7-13-28-20-11-6-10-19(14-20)17(2)24/h3-6,8-11,14,16H,7,12-13,15H2,1-2H3,(H,26,27). The quantitative estimate of drug-likeness (QED) is 0.501. The van der Waals surface area contributed by atoms with Crippen LogP contribution in [0.2, 0.25) is 0 Å². The molecule has 0 aliphatic rings. The summed E-state index contributed by atoms with van der Waals surface area (Å²) in [7, 11) is 0. The first-order valence-corrected chi connectivity index (χ1v) is 9.18. The Balaban J connectivity index is 1.91. The van der Waals surface area contributed by atoms with Gasteiger partial charge < -0.3 is 14.7 Å². The van der Waals surface area contributed by atoms with E-state index in [0.717, 1.165) is 5.56 Å². The first-order chi connectivity index (χ1) is 13.4. The third-order valence-electron chi connectivity index (χ3n) is 4.39.